The van der Waals surface area contributed by atoms with Crippen LogP contribution in [0.2, 0.25) is 0 Å². The first-order valence-corrected chi connectivity index (χ1v) is 6.36. The number of aryl methyl sites for hydroxylation is 1. The zero-order valence-electron chi connectivity index (χ0n) is 11.2. The SMILES string of the molecule is CC(=O)OC1(C)CCOC(c2cccc(C)c2)C1. The van der Waals surface area contributed by atoms with Gasteiger partial charge in [0.1, 0.15) is 5.60 Å². The average Bonchev–Trinajstić information content (AvgIpc) is 2.27. The van der Waals surface area contributed by atoms with Crippen molar-refractivity contribution in [3.05, 3.63) is 35.4 Å². The molecule has 3 nitrogen and oxygen atoms in total. The van der Waals surface area contributed by atoms with Gasteiger partial charge in [0.15, 0.2) is 0 Å². The van der Waals surface area contributed by atoms with Crippen LogP contribution in [0, 0.1) is 6.92 Å². The number of benzene rings is 1. The van der Waals surface area contributed by atoms with Crippen molar-refractivity contribution in [1.82, 2.24) is 0 Å². The molecular formula is C15H20O3. The molecule has 98 valence electrons. The Labute approximate surface area is 108 Å². The molecule has 0 radical (unpaired) electrons. The normalized spacial score (nSPS) is 27.8. The third kappa shape index (κ3) is 3.10. The zero-order chi connectivity index (χ0) is 13.2. The van der Waals surface area contributed by atoms with Crippen molar-refractivity contribution in [3.63, 3.8) is 0 Å². The smallest absolute Gasteiger partial charge is 0.303 e. The molecule has 2 unspecified atom stereocenters. The molecule has 0 aromatic heterocycles. The molecule has 0 bridgehead atoms. The lowest BCUT2D eigenvalue weighted by Crippen LogP contribution is -2.38. The van der Waals surface area contributed by atoms with Gasteiger partial charge in [-0.2, -0.15) is 0 Å². The Balaban J connectivity index is 2.13. The maximum atomic E-state index is 11.2. The summed E-state index contributed by atoms with van der Waals surface area (Å²) < 4.78 is 11.2. The van der Waals surface area contributed by atoms with Crippen molar-refractivity contribution in [2.24, 2.45) is 0 Å². The number of carbonyl (C=O) groups is 1. The Morgan fingerprint density at radius 1 is 1.50 bits per heavy atom. The minimum absolute atomic E-state index is 0.0167. The standard InChI is InChI=1S/C15H20O3/c1-11-5-4-6-13(9-11)14-10-15(3,7-8-17-14)18-12(2)16/h4-6,9,14H,7-8,10H2,1-3H3. The first-order chi connectivity index (χ1) is 8.48. The topological polar surface area (TPSA) is 35.5 Å². The molecule has 2 rings (SSSR count). The van der Waals surface area contributed by atoms with Crippen LogP contribution >= 0.6 is 0 Å². The van der Waals surface area contributed by atoms with E-state index in [-0.39, 0.29) is 12.1 Å². The predicted octanol–water partition coefficient (Wildman–Crippen LogP) is 3.17. The molecular weight excluding hydrogens is 228 g/mol. The Morgan fingerprint density at radius 2 is 2.28 bits per heavy atom. The van der Waals surface area contributed by atoms with E-state index < -0.39 is 5.60 Å². The van der Waals surface area contributed by atoms with Crippen LogP contribution in [0.4, 0.5) is 0 Å². The predicted molar refractivity (Wildman–Crippen MR) is 69.3 cm³/mol. The van der Waals surface area contributed by atoms with Gasteiger partial charge in [0.25, 0.3) is 0 Å². The summed E-state index contributed by atoms with van der Waals surface area (Å²) in [6.45, 7) is 6.14. The van der Waals surface area contributed by atoms with Gasteiger partial charge in [-0.1, -0.05) is 29.8 Å². The lowest BCUT2D eigenvalue weighted by molar-refractivity contribution is -0.170. The summed E-state index contributed by atoms with van der Waals surface area (Å²) in [5.41, 5.74) is 1.97. The fraction of sp³-hybridized carbons (Fsp3) is 0.533. The van der Waals surface area contributed by atoms with Gasteiger partial charge in [-0.05, 0) is 19.4 Å². The fourth-order valence-electron chi connectivity index (χ4n) is 2.49. The zero-order valence-corrected chi connectivity index (χ0v) is 11.2. The summed E-state index contributed by atoms with van der Waals surface area (Å²) in [5, 5.41) is 0. The Hall–Kier alpha value is -1.35. The van der Waals surface area contributed by atoms with E-state index in [1.54, 1.807) is 0 Å². The highest BCUT2D eigenvalue weighted by atomic mass is 16.6. The van der Waals surface area contributed by atoms with Gasteiger partial charge in [0, 0.05) is 19.8 Å². The van der Waals surface area contributed by atoms with Crippen LogP contribution in [-0.4, -0.2) is 18.2 Å². The van der Waals surface area contributed by atoms with Crippen molar-refractivity contribution in [1.29, 1.82) is 0 Å². The fourth-order valence-corrected chi connectivity index (χ4v) is 2.49. The first-order valence-electron chi connectivity index (χ1n) is 6.36. The van der Waals surface area contributed by atoms with E-state index in [9.17, 15) is 4.79 Å². The highest BCUT2D eigenvalue weighted by Gasteiger charge is 2.36. The van der Waals surface area contributed by atoms with Crippen LogP contribution < -0.4 is 0 Å². The molecule has 1 fully saturated rings. The summed E-state index contributed by atoms with van der Waals surface area (Å²) >= 11 is 0. The van der Waals surface area contributed by atoms with Gasteiger partial charge in [0.2, 0.25) is 0 Å². The molecule has 1 aromatic carbocycles. The second kappa shape index (κ2) is 5.11. The molecule has 1 heterocycles. The van der Waals surface area contributed by atoms with Gasteiger partial charge < -0.3 is 9.47 Å². The number of carbonyl (C=O) groups excluding carboxylic acids is 1. The van der Waals surface area contributed by atoms with Gasteiger partial charge >= 0.3 is 5.97 Å². The molecule has 0 saturated carbocycles. The van der Waals surface area contributed by atoms with E-state index >= 15 is 0 Å². The van der Waals surface area contributed by atoms with E-state index in [2.05, 4.69) is 25.1 Å². The maximum absolute atomic E-state index is 11.2. The Morgan fingerprint density at radius 3 is 2.94 bits per heavy atom. The molecule has 0 N–H and O–H groups in total. The van der Waals surface area contributed by atoms with Crippen LogP contribution in [0.3, 0.4) is 0 Å². The molecule has 1 aromatic rings. The van der Waals surface area contributed by atoms with E-state index in [4.69, 9.17) is 9.47 Å². The molecule has 0 aliphatic carbocycles. The van der Waals surface area contributed by atoms with Gasteiger partial charge in [-0.3, -0.25) is 4.79 Å². The lowest BCUT2D eigenvalue weighted by atomic mass is 9.88. The van der Waals surface area contributed by atoms with Crippen LogP contribution in [0.25, 0.3) is 0 Å². The van der Waals surface area contributed by atoms with E-state index in [0.717, 1.165) is 18.4 Å². The number of esters is 1. The number of hydrogen-bond acceptors (Lipinski definition) is 3. The average molecular weight is 248 g/mol. The van der Waals surface area contributed by atoms with Crippen molar-refractivity contribution in [2.45, 2.75) is 45.3 Å². The summed E-state index contributed by atoms with van der Waals surface area (Å²) in [7, 11) is 0. The first kappa shape index (κ1) is 13.1. The summed E-state index contributed by atoms with van der Waals surface area (Å²) in [4.78, 5) is 11.2. The minimum Gasteiger partial charge on any atom is -0.459 e. The summed E-state index contributed by atoms with van der Waals surface area (Å²) in [5.74, 6) is -0.220. The lowest BCUT2D eigenvalue weighted by Gasteiger charge is -2.37. The molecule has 0 spiro atoms. The minimum atomic E-state index is -0.404. The van der Waals surface area contributed by atoms with Crippen LogP contribution in [0.5, 0.6) is 0 Å². The van der Waals surface area contributed by atoms with E-state index in [0.29, 0.717) is 6.61 Å². The molecule has 1 saturated heterocycles. The van der Waals surface area contributed by atoms with Crippen molar-refractivity contribution in [3.8, 4) is 0 Å². The monoisotopic (exact) mass is 248 g/mol. The largest absolute Gasteiger partial charge is 0.459 e. The number of rotatable bonds is 2. The van der Waals surface area contributed by atoms with Gasteiger partial charge in [-0.15, -0.1) is 0 Å². The summed E-state index contributed by atoms with van der Waals surface area (Å²) in [6.07, 6.45) is 1.49. The Kier molecular flexibility index (Phi) is 3.71. The quantitative estimate of drug-likeness (QED) is 0.754. The molecule has 3 heteroatoms. The highest BCUT2D eigenvalue weighted by molar-refractivity contribution is 5.66. The van der Waals surface area contributed by atoms with E-state index in [1.807, 2.05) is 13.0 Å². The van der Waals surface area contributed by atoms with Crippen molar-refractivity contribution in [2.75, 3.05) is 6.61 Å². The molecule has 1 aliphatic rings. The van der Waals surface area contributed by atoms with Gasteiger partial charge in [0.05, 0.1) is 12.7 Å². The van der Waals surface area contributed by atoms with E-state index in [1.165, 1.54) is 12.5 Å². The molecule has 2 atom stereocenters. The molecule has 18 heavy (non-hydrogen) atoms. The molecule has 0 amide bonds. The number of ether oxygens (including phenoxy) is 2. The van der Waals surface area contributed by atoms with Gasteiger partial charge in [-0.25, -0.2) is 0 Å². The highest BCUT2D eigenvalue weighted by Crippen LogP contribution is 2.36. The number of hydrogen-bond donors (Lipinski definition) is 0. The van der Waals surface area contributed by atoms with Crippen molar-refractivity contribution >= 4 is 5.97 Å². The van der Waals surface area contributed by atoms with Crippen LogP contribution in [0.1, 0.15) is 43.9 Å². The Bertz CT molecular complexity index is 441. The van der Waals surface area contributed by atoms with Crippen LogP contribution in [0.15, 0.2) is 24.3 Å². The van der Waals surface area contributed by atoms with Crippen LogP contribution in [-0.2, 0) is 14.3 Å². The van der Waals surface area contributed by atoms with Crippen molar-refractivity contribution < 1.29 is 14.3 Å². The maximum Gasteiger partial charge on any atom is 0.303 e. The summed E-state index contributed by atoms with van der Waals surface area (Å²) in [6, 6.07) is 8.30. The third-order valence-corrected chi connectivity index (χ3v) is 3.37. The second-order valence-corrected chi connectivity index (χ2v) is 5.27. The third-order valence-electron chi connectivity index (χ3n) is 3.37. The second-order valence-electron chi connectivity index (χ2n) is 5.27. The molecule has 1 aliphatic heterocycles.